The molecule has 2 rings (SSSR count). The second kappa shape index (κ2) is 6.39. The predicted octanol–water partition coefficient (Wildman–Crippen LogP) is 1.76. The minimum absolute atomic E-state index is 0.375. The highest BCUT2D eigenvalue weighted by Crippen LogP contribution is 2.28. The van der Waals surface area contributed by atoms with Gasteiger partial charge in [-0.2, -0.15) is 5.26 Å². The summed E-state index contributed by atoms with van der Waals surface area (Å²) < 4.78 is 5.41. The van der Waals surface area contributed by atoms with Crippen LogP contribution < -0.4 is 5.32 Å². The Morgan fingerprint density at radius 1 is 1.39 bits per heavy atom. The zero-order chi connectivity index (χ0) is 12.8. The third-order valence-electron chi connectivity index (χ3n) is 2.92. The Morgan fingerprint density at radius 3 is 2.72 bits per heavy atom. The van der Waals surface area contributed by atoms with Gasteiger partial charge in [-0.15, -0.1) is 0 Å². The molecule has 1 aliphatic rings. The van der Waals surface area contributed by atoms with Crippen molar-refractivity contribution in [3.8, 4) is 6.07 Å². The molecule has 0 heterocycles. The summed E-state index contributed by atoms with van der Waals surface area (Å²) in [6, 6.07) is 9.22. The molecular formula is C14H18N2O2. The Morgan fingerprint density at radius 2 is 2.11 bits per heavy atom. The van der Waals surface area contributed by atoms with E-state index in [1.54, 1.807) is 12.1 Å². The van der Waals surface area contributed by atoms with Gasteiger partial charge in [0, 0.05) is 18.8 Å². The molecule has 0 amide bonds. The number of aliphatic hydroxyl groups is 1. The third-order valence-corrected chi connectivity index (χ3v) is 2.92. The summed E-state index contributed by atoms with van der Waals surface area (Å²) in [6.45, 7) is 1.60. The molecule has 0 saturated heterocycles. The van der Waals surface area contributed by atoms with Gasteiger partial charge in [-0.1, -0.05) is 0 Å². The van der Waals surface area contributed by atoms with Gasteiger partial charge in [0.05, 0.1) is 24.3 Å². The molecule has 1 fully saturated rings. The number of hydrogen-bond donors (Lipinski definition) is 2. The van der Waals surface area contributed by atoms with Crippen molar-refractivity contribution < 1.29 is 9.84 Å². The van der Waals surface area contributed by atoms with Gasteiger partial charge in [-0.05, 0) is 43.0 Å². The minimum Gasteiger partial charge on any atom is -0.389 e. The number of aliphatic hydroxyl groups excluding tert-OH is 1. The lowest BCUT2D eigenvalue weighted by molar-refractivity contribution is 0.0386. The summed E-state index contributed by atoms with van der Waals surface area (Å²) in [5.41, 5.74) is 1.53. The third kappa shape index (κ3) is 4.36. The van der Waals surface area contributed by atoms with Crippen LogP contribution in [0.5, 0.6) is 0 Å². The highest BCUT2D eigenvalue weighted by molar-refractivity contribution is 5.47. The number of ether oxygens (including phenoxy) is 1. The van der Waals surface area contributed by atoms with E-state index in [0.29, 0.717) is 18.7 Å². The molecule has 0 aliphatic heterocycles. The topological polar surface area (TPSA) is 65.3 Å². The largest absolute Gasteiger partial charge is 0.389 e. The molecule has 1 aromatic rings. The van der Waals surface area contributed by atoms with E-state index in [9.17, 15) is 5.11 Å². The second-order valence-corrected chi connectivity index (χ2v) is 4.70. The molecule has 1 aromatic carbocycles. The molecule has 0 bridgehead atoms. The van der Waals surface area contributed by atoms with Crippen molar-refractivity contribution >= 4 is 5.69 Å². The quantitative estimate of drug-likeness (QED) is 0.769. The molecule has 1 saturated carbocycles. The summed E-state index contributed by atoms with van der Waals surface area (Å²) in [6.07, 6.45) is 2.03. The van der Waals surface area contributed by atoms with E-state index in [2.05, 4.69) is 11.4 Å². The lowest BCUT2D eigenvalue weighted by atomic mass is 10.2. The Hall–Kier alpha value is -1.57. The van der Waals surface area contributed by atoms with E-state index in [-0.39, 0.29) is 0 Å². The second-order valence-electron chi connectivity index (χ2n) is 4.70. The highest BCUT2D eigenvalue weighted by atomic mass is 16.5. The average molecular weight is 246 g/mol. The minimum atomic E-state index is -0.501. The first-order chi connectivity index (χ1) is 8.78. The molecule has 0 spiro atoms. The molecule has 4 heteroatoms. The van der Waals surface area contributed by atoms with E-state index in [4.69, 9.17) is 10.00 Å². The van der Waals surface area contributed by atoms with Crippen LogP contribution in [0.25, 0.3) is 0 Å². The molecule has 1 unspecified atom stereocenters. The van der Waals surface area contributed by atoms with E-state index in [1.807, 2.05) is 12.1 Å². The highest BCUT2D eigenvalue weighted by Gasteiger charge is 2.21. The van der Waals surface area contributed by atoms with Crippen LogP contribution in [0, 0.1) is 17.2 Å². The first-order valence-corrected chi connectivity index (χ1v) is 6.28. The lowest BCUT2D eigenvalue weighted by Gasteiger charge is -2.13. The van der Waals surface area contributed by atoms with Crippen LogP contribution in [0.15, 0.2) is 24.3 Å². The maximum absolute atomic E-state index is 9.70. The van der Waals surface area contributed by atoms with Gasteiger partial charge in [0.15, 0.2) is 0 Å². The van der Waals surface area contributed by atoms with Gasteiger partial charge in [-0.3, -0.25) is 0 Å². The van der Waals surface area contributed by atoms with Crippen molar-refractivity contribution in [1.82, 2.24) is 0 Å². The number of anilines is 1. The van der Waals surface area contributed by atoms with Crippen molar-refractivity contribution in [2.45, 2.75) is 18.9 Å². The van der Waals surface area contributed by atoms with Crippen LogP contribution in [-0.4, -0.2) is 31.0 Å². The van der Waals surface area contributed by atoms with Crippen LogP contribution in [0.3, 0.4) is 0 Å². The van der Waals surface area contributed by atoms with Gasteiger partial charge >= 0.3 is 0 Å². The molecular weight excluding hydrogens is 228 g/mol. The number of rotatable bonds is 7. The lowest BCUT2D eigenvalue weighted by Crippen LogP contribution is -2.25. The monoisotopic (exact) mass is 246 g/mol. The fourth-order valence-corrected chi connectivity index (χ4v) is 1.61. The van der Waals surface area contributed by atoms with Gasteiger partial charge < -0.3 is 15.2 Å². The summed E-state index contributed by atoms with van der Waals surface area (Å²) in [7, 11) is 0. The molecule has 1 aliphatic carbocycles. The van der Waals surface area contributed by atoms with Gasteiger partial charge in [0.25, 0.3) is 0 Å². The summed E-state index contributed by atoms with van der Waals surface area (Å²) in [5, 5.41) is 21.5. The van der Waals surface area contributed by atoms with Gasteiger partial charge in [0.2, 0.25) is 0 Å². The predicted molar refractivity (Wildman–Crippen MR) is 69.2 cm³/mol. The van der Waals surface area contributed by atoms with E-state index in [1.165, 1.54) is 12.8 Å². The van der Waals surface area contributed by atoms with Crippen molar-refractivity contribution in [3.63, 3.8) is 0 Å². The van der Waals surface area contributed by atoms with E-state index < -0.39 is 6.10 Å². The molecule has 2 N–H and O–H groups in total. The Labute approximate surface area is 107 Å². The normalized spacial score (nSPS) is 16.0. The average Bonchev–Trinajstić information content (AvgIpc) is 3.21. The SMILES string of the molecule is N#Cc1ccc(NCC(O)COCC2CC2)cc1. The molecule has 18 heavy (non-hydrogen) atoms. The first kappa shape index (κ1) is 12.9. The van der Waals surface area contributed by atoms with Crippen LogP contribution in [0.4, 0.5) is 5.69 Å². The maximum atomic E-state index is 9.70. The van der Waals surface area contributed by atoms with Crippen molar-refractivity contribution in [2.75, 3.05) is 25.1 Å². The Balaban J connectivity index is 1.64. The number of benzene rings is 1. The van der Waals surface area contributed by atoms with Crippen molar-refractivity contribution in [1.29, 1.82) is 5.26 Å². The van der Waals surface area contributed by atoms with Crippen molar-refractivity contribution in [2.24, 2.45) is 5.92 Å². The number of hydrogen-bond acceptors (Lipinski definition) is 4. The smallest absolute Gasteiger partial charge is 0.0991 e. The van der Waals surface area contributed by atoms with Gasteiger partial charge in [-0.25, -0.2) is 0 Å². The molecule has 0 radical (unpaired) electrons. The Bertz CT molecular complexity index is 407. The summed E-state index contributed by atoms with van der Waals surface area (Å²) in [4.78, 5) is 0. The van der Waals surface area contributed by atoms with Crippen LogP contribution >= 0.6 is 0 Å². The number of nitriles is 1. The zero-order valence-electron chi connectivity index (χ0n) is 10.3. The maximum Gasteiger partial charge on any atom is 0.0991 e. The fraction of sp³-hybridized carbons (Fsp3) is 0.500. The Kier molecular flexibility index (Phi) is 4.57. The molecule has 1 atom stereocenters. The fourth-order valence-electron chi connectivity index (χ4n) is 1.61. The standard InChI is InChI=1S/C14H18N2O2/c15-7-11-3-5-13(6-4-11)16-8-14(17)10-18-9-12-1-2-12/h3-6,12,14,16-17H,1-2,8-10H2. The zero-order valence-corrected chi connectivity index (χ0v) is 10.3. The van der Waals surface area contributed by atoms with Crippen LogP contribution in [0.2, 0.25) is 0 Å². The van der Waals surface area contributed by atoms with Crippen molar-refractivity contribution in [3.05, 3.63) is 29.8 Å². The molecule has 4 nitrogen and oxygen atoms in total. The first-order valence-electron chi connectivity index (χ1n) is 6.28. The molecule has 96 valence electrons. The number of nitrogens with zero attached hydrogens (tertiary/aromatic N) is 1. The summed E-state index contributed by atoms with van der Waals surface area (Å²) >= 11 is 0. The molecule has 0 aromatic heterocycles. The van der Waals surface area contributed by atoms with E-state index in [0.717, 1.165) is 18.2 Å². The van der Waals surface area contributed by atoms with Crippen LogP contribution in [-0.2, 0) is 4.74 Å². The van der Waals surface area contributed by atoms with E-state index >= 15 is 0 Å². The number of nitrogens with one attached hydrogen (secondary N) is 1. The van der Waals surface area contributed by atoms with Crippen LogP contribution in [0.1, 0.15) is 18.4 Å². The van der Waals surface area contributed by atoms with Gasteiger partial charge in [0.1, 0.15) is 0 Å². The summed E-state index contributed by atoms with van der Waals surface area (Å²) in [5.74, 6) is 0.726.